The number of pyridine rings is 1. The van der Waals surface area contributed by atoms with Crippen LogP contribution < -0.4 is 0 Å². The highest BCUT2D eigenvalue weighted by Gasteiger charge is 2.18. The van der Waals surface area contributed by atoms with Gasteiger partial charge in [0.15, 0.2) is 5.65 Å². The summed E-state index contributed by atoms with van der Waals surface area (Å²) < 4.78 is 1.99. The van der Waals surface area contributed by atoms with E-state index in [-0.39, 0.29) is 11.6 Å². The van der Waals surface area contributed by atoms with Crippen LogP contribution in [0.2, 0.25) is 0 Å². The lowest BCUT2D eigenvalue weighted by molar-refractivity contribution is 0.0698. The number of fused-ring (bicyclic) bond motifs is 1. The molecule has 5 nitrogen and oxygen atoms in total. The monoisotopic (exact) mass is 233 g/mol. The van der Waals surface area contributed by atoms with Crippen LogP contribution in [0.3, 0.4) is 0 Å². The minimum atomic E-state index is -0.964. The van der Waals surface area contributed by atoms with E-state index in [1.54, 1.807) is 0 Å². The Morgan fingerprint density at radius 1 is 1.53 bits per heavy atom. The maximum Gasteiger partial charge on any atom is 0.338 e. The lowest BCUT2D eigenvalue weighted by atomic mass is 10.2. The average Bonchev–Trinajstić information content (AvgIpc) is 2.66. The van der Waals surface area contributed by atoms with Gasteiger partial charge in [-0.3, -0.25) is 0 Å². The number of aromatic carboxylic acids is 1. The highest BCUT2D eigenvalue weighted by molar-refractivity contribution is 5.99. The third-order valence-corrected chi connectivity index (χ3v) is 2.72. The molecule has 0 saturated carbocycles. The summed E-state index contributed by atoms with van der Waals surface area (Å²) in [7, 11) is 0. The quantitative estimate of drug-likeness (QED) is 0.883. The van der Waals surface area contributed by atoms with E-state index in [4.69, 9.17) is 5.11 Å². The highest BCUT2D eigenvalue weighted by atomic mass is 16.4. The molecule has 0 radical (unpaired) electrons. The van der Waals surface area contributed by atoms with Crippen LogP contribution in [-0.2, 0) is 6.42 Å². The molecule has 17 heavy (non-hydrogen) atoms. The summed E-state index contributed by atoms with van der Waals surface area (Å²) in [4.78, 5) is 19.8. The lowest BCUT2D eigenvalue weighted by Crippen LogP contribution is -2.06. The third kappa shape index (κ3) is 1.77. The maximum atomic E-state index is 11.1. The lowest BCUT2D eigenvalue weighted by Gasteiger charge is -2.10. The molecule has 0 saturated heterocycles. The standard InChI is InChI=1S/C12H15N3O2/c1-4-9-14-10-8(12(16)17)5-6-13-11(10)15(9)7(2)3/h5-7H,4H2,1-3H3,(H,16,17). The summed E-state index contributed by atoms with van der Waals surface area (Å²) >= 11 is 0. The fraction of sp³-hybridized carbons (Fsp3) is 0.417. The fourth-order valence-electron chi connectivity index (χ4n) is 2.00. The molecule has 2 aromatic rings. The maximum absolute atomic E-state index is 11.1. The van der Waals surface area contributed by atoms with Crippen LogP contribution in [0.15, 0.2) is 12.3 Å². The molecule has 2 rings (SSSR count). The predicted molar refractivity (Wildman–Crippen MR) is 64.3 cm³/mol. The van der Waals surface area contributed by atoms with E-state index in [1.165, 1.54) is 12.3 Å². The van der Waals surface area contributed by atoms with E-state index in [1.807, 2.05) is 25.3 Å². The average molecular weight is 233 g/mol. The molecule has 5 heteroatoms. The Kier molecular flexibility index (Phi) is 2.83. The fourth-order valence-corrected chi connectivity index (χ4v) is 2.00. The molecule has 0 amide bonds. The number of nitrogens with zero attached hydrogens (tertiary/aromatic N) is 3. The minimum Gasteiger partial charge on any atom is -0.478 e. The van der Waals surface area contributed by atoms with Crippen molar-refractivity contribution in [3.63, 3.8) is 0 Å². The van der Waals surface area contributed by atoms with Crippen molar-refractivity contribution in [2.45, 2.75) is 33.2 Å². The Morgan fingerprint density at radius 2 is 2.24 bits per heavy atom. The number of hydrogen-bond donors (Lipinski definition) is 1. The molecule has 0 aliphatic heterocycles. The van der Waals surface area contributed by atoms with Gasteiger partial charge in [-0.15, -0.1) is 0 Å². The van der Waals surface area contributed by atoms with Gasteiger partial charge < -0.3 is 9.67 Å². The molecule has 2 heterocycles. The molecule has 0 bridgehead atoms. The van der Waals surface area contributed by atoms with Crippen molar-refractivity contribution in [3.05, 3.63) is 23.7 Å². The van der Waals surface area contributed by atoms with E-state index in [0.717, 1.165) is 12.2 Å². The molecule has 0 atom stereocenters. The van der Waals surface area contributed by atoms with Crippen LogP contribution in [0.4, 0.5) is 0 Å². The van der Waals surface area contributed by atoms with Crippen LogP contribution in [0.1, 0.15) is 43.0 Å². The molecule has 0 spiro atoms. The zero-order valence-electron chi connectivity index (χ0n) is 10.1. The van der Waals surface area contributed by atoms with Crippen LogP contribution >= 0.6 is 0 Å². The third-order valence-electron chi connectivity index (χ3n) is 2.72. The molecule has 1 N–H and O–H groups in total. The number of hydrogen-bond acceptors (Lipinski definition) is 3. The number of carbonyl (C=O) groups is 1. The molecular formula is C12H15N3O2. The highest BCUT2D eigenvalue weighted by Crippen LogP contribution is 2.22. The summed E-state index contributed by atoms with van der Waals surface area (Å²) in [6.45, 7) is 6.07. The van der Waals surface area contributed by atoms with E-state index >= 15 is 0 Å². The van der Waals surface area contributed by atoms with Crippen molar-refractivity contribution in [2.75, 3.05) is 0 Å². The van der Waals surface area contributed by atoms with Crippen molar-refractivity contribution in [1.82, 2.24) is 14.5 Å². The Labute approximate surface area is 99.1 Å². The van der Waals surface area contributed by atoms with E-state index in [9.17, 15) is 4.79 Å². The zero-order valence-corrected chi connectivity index (χ0v) is 10.1. The number of carboxylic acids is 1. The van der Waals surface area contributed by atoms with Gasteiger partial charge in [0.2, 0.25) is 0 Å². The van der Waals surface area contributed by atoms with Crippen LogP contribution in [-0.4, -0.2) is 25.6 Å². The molecular weight excluding hydrogens is 218 g/mol. The first-order chi connectivity index (χ1) is 8.06. The number of aromatic nitrogens is 3. The number of imidazole rings is 1. The van der Waals surface area contributed by atoms with Gasteiger partial charge in [-0.2, -0.15) is 0 Å². The summed E-state index contributed by atoms with van der Waals surface area (Å²) in [5.74, 6) is -0.0929. The molecule has 0 aliphatic carbocycles. The van der Waals surface area contributed by atoms with Gasteiger partial charge in [0, 0.05) is 18.7 Å². The second-order valence-electron chi connectivity index (χ2n) is 4.18. The van der Waals surface area contributed by atoms with Crippen LogP contribution in [0.25, 0.3) is 11.2 Å². The summed E-state index contributed by atoms with van der Waals surface area (Å²) in [5.41, 5.74) is 1.34. The van der Waals surface area contributed by atoms with E-state index < -0.39 is 5.97 Å². The molecule has 0 unspecified atom stereocenters. The van der Waals surface area contributed by atoms with Crippen LogP contribution in [0.5, 0.6) is 0 Å². The topological polar surface area (TPSA) is 68.0 Å². The minimum absolute atomic E-state index is 0.212. The molecule has 90 valence electrons. The molecule has 0 aliphatic rings. The number of rotatable bonds is 3. The van der Waals surface area contributed by atoms with Gasteiger partial charge in [-0.1, -0.05) is 6.92 Å². The van der Waals surface area contributed by atoms with Crippen molar-refractivity contribution in [3.8, 4) is 0 Å². The Morgan fingerprint density at radius 3 is 2.76 bits per heavy atom. The van der Waals surface area contributed by atoms with E-state index in [0.29, 0.717) is 11.2 Å². The summed E-state index contributed by atoms with van der Waals surface area (Å²) in [6.07, 6.45) is 2.28. The van der Waals surface area contributed by atoms with Crippen molar-refractivity contribution >= 4 is 17.1 Å². The van der Waals surface area contributed by atoms with Gasteiger partial charge >= 0.3 is 5.97 Å². The normalized spacial score (nSPS) is 11.3. The zero-order chi connectivity index (χ0) is 12.6. The second-order valence-corrected chi connectivity index (χ2v) is 4.18. The van der Waals surface area contributed by atoms with Gasteiger partial charge in [-0.05, 0) is 19.9 Å². The van der Waals surface area contributed by atoms with Gasteiger partial charge in [0.05, 0.1) is 5.56 Å². The van der Waals surface area contributed by atoms with Gasteiger partial charge in [0.1, 0.15) is 11.3 Å². The largest absolute Gasteiger partial charge is 0.478 e. The van der Waals surface area contributed by atoms with E-state index in [2.05, 4.69) is 9.97 Å². The Balaban J connectivity index is 2.82. The summed E-state index contributed by atoms with van der Waals surface area (Å²) in [5, 5.41) is 9.12. The first-order valence-electron chi connectivity index (χ1n) is 5.65. The second kappa shape index (κ2) is 4.16. The van der Waals surface area contributed by atoms with Gasteiger partial charge in [-0.25, -0.2) is 14.8 Å². The summed E-state index contributed by atoms with van der Waals surface area (Å²) in [6, 6.07) is 1.70. The molecule has 2 aromatic heterocycles. The number of aryl methyl sites for hydroxylation is 1. The molecule has 0 aromatic carbocycles. The first-order valence-corrected chi connectivity index (χ1v) is 5.65. The SMILES string of the molecule is CCc1nc2c(C(=O)O)ccnc2n1C(C)C. The number of carboxylic acid groups (broad SMARTS) is 1. The van der Waals surface area contributed by atoms with Crippen molar-refractivity contribution in [1.29, 1.82) is 0 Å². The molecule has 0 fully saturated rings. The van der Waals surface area contributed by atoms with Crippen molar-refractivity contribution < 1.29 is 9.90 Å². The van der Waals surface area contributed by atoms with Crippen LogP contribution in [0, 0.1) is 0 Å². The Hall–Kier alpha value is -1.91. The smallest absolute Gasteiger partial charge is 0.338 e. The van der Waals surface area contributed by atoms with Crippen molar-refractivity contribution in [2.24, 2.45) is 0 Å². The predicted octanol–water partition coefficient (Wildman–Crippen LogP) is 2.27. The first kappa shape index (κ1) is 11.6. The Bertz CT molecular complexity index is 572. The van der Waals surface area contributed by atoms with Gasteiger partial charge in [0.25, 0.3) is 0 Å².